The summed E-state index contributed by atoms with van der Waals surface area (Å²) in [5.74, 6) is 0. The molecule has 12 heavy (non-hydrogen) atoms. The number of alkyl halides is 1. The van der Waals surface area contributed by atoms with E-state index in [1.807, 2.05) is 37.3 Å². The quantitative estimate of drug-likeness (QED) is 0.268. The number of hydrogen-bond donors (Lipinski definition) is 0. The van der Waals surface area contributed by atoms with Gasteiger partial charge in [-0.05, 0) is 35.1 Å². The molecule has 0 saturated carbocycles. The Kier molecular flexibility index (Phi) is 3.00. The van der Waals surface area contributed by atoms with Gasteiger partial charge in [-0.1, -0.05) is 30.3 Å². The number of halogens is 1. The molecule has 0 aliphatic rings. The molecule has 0 amide bonds. The molecule has 0 unspecified atom stereocenters. The molecule has 0 saturated heterocycles. The standard InChI is InChI=1S/C9H8INO/c1-9(10,11-7-12)8-5-3-2-4-6-8/h2-6H,1H3/t9-/m0/s1. The van der Waals surface area contributed by atoms with Crippen molar-refractivity contribution >= 4 is 28.7 Å². The van der Waals surface area contributed by atoms with Gasteiger partial charge in [0.15, 0.2) is 0 Å². The molecule has 3 heteroatoms. The molecule has 1 atom stereocenters. The van der Waals surface area contributed by atoms with Crippen molar-refractivity contribution in [3.8, 4) is 0 Å². The minimum absolute atomic E-state index is 0.485. The van der Waals surface area contributed by atoms with Crippen molar-refractivity contribution in [1.82, 2.24) is 0 Å². The van der Waals surface area contributed by atoms with Crippen LogP contribution < -0.4 is 0 Å². The summed E-state index contributed by atoms with van der Waals surface area (Å²) >= 11 is 2.11. The van der Waals surface area contributed by atoms with Crippen molar-refractivity contribution in [3.63, 3.8) is 0 Å². The van der Waals surface area contributed by atoms with Crippen LogP contribution in [0.2, 0.25) is 0 Å². The summed E-state index contributed by atoms with van der Waals surface area (Å²) in [6.07, 6.45) is 1.57. The Morgan fingerprint density at radius 3 is 2.50 bits per heavy atom. The van der Waals surface area contributed by atoms with Crippen LogP contribution in [0.15, 0.2) is 35.3 Å². The molecular formula is C9H8INO. The Morgan fingerprint density at radius 2 is 2.00 bits per heavy atom. The van der Waals surface area contributed by atoms with Gasteiger partial charge in [0, 0.05) is 0 Å². The van der Waals surface area contributed by atoms with Gasteiger partial charge in [-0.15, -0.1) is 0 Å². The smallest absolute Gasteiger partial charge is 0.211 e. The SMILES string of the molecule is C[C@](I)(N=C=O)c1ccccc1. The monoisotopic (exact) mass is 273 g/mol. The lowest BCUT2D eigenvalue weighted by Gasteiger charge is -2.14. The number of rotatable bonds is 2. The minimum Gasteiger partial charge on any atom is -0.211 e. The van der Waals surface area contributed by atoms with E-state index in [-0.39, 0.29) is 0 Å². The molecule has 0 radical (unpaired) electrons. The molecule has 1 aromatic carbocycles. The summed E-state index contributed by atoms with van der Waals surface area (Å²) in [7, 11) is 0. The third-order valence-electron chi connectivity index (χ3n) is 1.56. The van der Waals surface area contributed by atoms with Gasteiger partial charge < -0.3 is 0 Å². The Bertz CT molecular complexity index is 302. The summed E-state index contributed by atoms with van der Waals surface area (Å²) in [6, 6.07) is 9.65. The van der Waals surface area contributed by atoms with Crippen LogP contribution in [0.25, 0.3) is 0 Å². The largest absolute Gasteiger partial charge is 0.236 e. The van der Waals surface area contributed by atoms with Crippen LogP contribution in [0.5, 0.6) is 0 Å². The second-order valence-corrected chi connectivity index (χ2v) is 4.62. The van der Waals surface area contributed by atoms with Crippen LogP contribution in [0, 0.1) is 0 Å². The number of isocyanates is 1. The molecule has 0 heterocycles. The van der Waals surface area contributed by atoms with Gasteiger partial charge in [0.1, 0.15) is 3.55 Å². The van der Waals surface area contributed by atoms with Gasteiger partial charge >= 0.3 is 0 Å². The maximum Gasteiger partial charge on any atom is 0.236 e. The highest BCUT2D eigenvalue weighted by Crippen LogP contribution is 2.31. The zero-order valence-corrected chi connectivity index (χ0v) is 8.78. The first-order valence-corrected chi connectivity index (χ1v) is 4.58. The fraction of sp³-hybridized carbons (Fsp3) is 0.222. The molecule has 2 nitrogen and oxygen atoms in total. The number of hydrogen-bond acceptors (Lipinski definition) is 2. The van der Waals surface area contributed by atoms with E-state index in [2.05, 4.69) is 27.6 Å². The summed E-state index contributed by atoms with van der Waals surface area (Å²) in [6.45, 7) is 1.87. The zero-order valence-electron chi connectivity index (χ0n) is 6.62. The first-order valence-electron chi connectivity index (χ1n) is 3.50. The first kappa shape index (κ1) is 9.42. The predicted octanol–water partition coefficient (Wildman–Crippen LogP) is 2.63. The highest BCUT2D eigenvalue weighted by Gasteiger charge is 2.20. The fourth-order valence-electron chi connectivity index (χ4n) is 0.893. The molecule has 1 rings (SSSR count). The summed E-state index contributed by atoms with van der Waals surface area (Å²) in [5, 5.41) is 0. The topological polar surface area (TPSA) is 29.4 Å². The van der Waals surface area contributed by atoms with Crippen LogP contribution in [-0.4, -0.2) is 6.08 Å². The second kappa shape index (κ2) is 3.83. The third-order valence-corrected chi connectivity index (χ3v) is 2.42. The van der Waals surface area contributed by atoms with Crippen LogP contribution in [0.1, 0.15) is 12.5 Å². The summed E-state index contributed by atoms with van der Waals surface area (Å²) < 4.78 is -0.485. The van der Waals surface area contributed by atoms with Crippen molar-refractivity contribution in [3.05, 3.63) is 35.9 Å². The maximum atomic E-state index is 10.1. The summed E-state index contributed by atoms with van der Waals surface area (Å²) in [4.78, 5) is 13.8. The lowest BCUT2D eigenvalue weighted by Crippen LogP contribution is -2.07. The van der Waals surface area contributed by atoms with Crippen molar-refractivity contribution in [2.75, 3.05) is 0 Å². The van der Waals surface area contributed by atoms with Crippen LogP contribution in [0.4, 0.5) is 0 Å². The molecule has 0 bridgehead atoms. The fourth-order valence-corrected chi connectivity index (χ4v) is 1.35. The van der Waals surface area contributed by atoms with Gasteiger partial charge in [0.2, 0.25) is 6.08 Å². The van der Waals surface area contributed by atoms with Gasteiger partial charge in [-0.25, -0.2) is 4.79 Å². The van der Waals surface area contributed by atoms with Crippen LogP contribution in [-0.2, 0) is 8.34 Å². The maximum absolute atomic E-state index is 10.1. The minimum atomic E-state index is -0.485. The lowest BCUT2D eigenvalue weighted by molar-refractivity contribution is 0.558. The van der Waals surface area contributed by atoms with Crippen molar-refractivity contribution in [2.24, 2.45) is 4.99 Å². The molecule has 62 valence electrons. The Balaban J connectivity index is 3.05. The molecule has 0 fully saturated rings. The molecule has 0 spiro atoms. The van der Waals surface area contributed by atoms with E-state index in [0.29, 0.717) is 0 Å². The second-order valence-electron chi connectivity index (χ2n) is 2.52. The average molecular weight is 273 g/mol. The molecule has 0 aliphatic carbocycles. The van der Waals surface area contributed by atoms with E-state index >= 15 is 0 Å². The molecule has 0 N–H and O–H groups in total. The Morgan fingerprint density at radius 1 is 1.42 bits per heavy atom. The molecular weight excluding hydrogens is 265 g/mol. The highest BCUT2D eigenvalue weighted by atomic mass is 127. The average Bonchev–Trinajstić information content (AvgIpc) is 2.06. The van der Waals surface area contributed by atoms with E-state index in [4.69, 9.17) is 0 Å². The van der Waals surface area contributed by atoms with E-state index in [1.165, 1.54) is 0 Å². The Labute approximate surface area is 84.8 Å². The molecule has 0 aromatic heterocycles. The van der Waals surface area contributed by atoms with Crippen molar-refractivity contribution in [1.29, 1.82) is 0 Å². The Hall–Kier alpha value is -0.670. The van der Waals surface area contributed by atoms with E-state index in [0.717, 1.165) is 5.56 Å². The van der Waals surface area contributed by atoms with Crippen molar-refractivity contribution in [2.45, 2.75) is 10.5 Å². The zero-order chi connectivity index (χ0) is 9.03. The lowest BCUT2D eigenvalue weighted by atomic mass is 10.1. The number of benzene rings is 1. The molecule has 1 aromatic rings. The van der Waals surface area contributed by atoms with E-state index in [1.54, 1.807) is 6.08 Å². The van der Waals surface area contributed by atoms with Crippen LogP contribution >= 0.6 is 22.6 Å². The van der Waals surface area contributed by atoms with Gasteiger partial charge in [-0.2, -0.15) is 4.99 Å². The van der Waals surface area contributed by atoms with Gasteiger partial charge in [0.25, 0.3) is 0 Å². The number of aliphatic imine (C=N–C) groups is 1. The highest BCUT2D eigenvalue weighted by molar-refractivity contribution is 14.1. The molecule has 0 aliphatic heterocycles. The van der Waals surface area contributed by atoms with Gasteiger partial charge in [0.05, 0.1) is 0 Å². The van der Waals surface area contributed by atoms with Crippen LogP contribution in [0.3, 0.4) is 0 Å². The third kappa shape index (κ3) is 2.16. The van der Waals surface area contributed by atoms with Gasteiger partial charge in [-0.3, -0.25) is 0 Å². The predicted molar refractivity (Wildman–Crippen MR) is 55.9 cm³/mol. The first-order chi connectivity index (χ1) is 5.67. The number of nitrogens with zero attached hydrogens (tertiary/aromatic N) is 1. The van der Waals surface area contributed by atoms with E-state index in [9.17, 15) is 4.79 Å². The van der Waals surface area contributed by atoms with Crippen molar-refractivity contribution < 1.29 is 4.79 Å². The van der Waals surface area contributed by atoms with E-state index < -0.39 is 3.55 Å². The number of carbonyl (C=O) groups excluding carboxylic acids is 1. The normalized spacial score (nSPS) is 14.5. The summed E-state index contributed by atoms with van der Waals surface area (Å²) in [5.41, 5.74) is 1.01.